The summed E-state index contributed by atoms with van der Waals surface area (Å²) in [7, 11) is 0. The van der Waals surface area contributed by atoms with Crippen LogP contribution in [0.1, 0.15) is 10.5 Å². The van der Waals surface area contributed by atoms with E-state index in [4.69, 9.17) is 5.11 Å². The van der Waals surface area contributed by atoms with Gasteiger partial charge in [0.25, 0.3) is 5.69 Å². The van der Waals surface area contributed by atoms with Crippen LogP contribution in [0, 0.1) is 20.2 Å². The van der Waals surface area contributed by atoms with Crippen molar-refractivity contribution in [3.05, 3.63) is 38.1 Å². The molecule has 10 heteroatoms. The second-order valence-electron chi connectivity index (χ2n) is 3.28. The second kappa shape index (κ2) is 3.76. The molecule has 0 aliphatic carbocycles. The number of carboxylic acid groups (broad SMARTS) is 1. The number of nitro benzene ring substituents is 2. The van der Waals surface area contributed by atoms with E-state index in [0.29, 0.717) is 0 Å². The highest BCUT2D eigenvalue weighted by Gasteiger charge is 2.25. The summed E-state index contributed by atoms with van der Waals surface area (Å²) in [6, 6.07) is 1.66. The molecular formula is C8H4N4O6. The minimum Gasteiger partial charge on any atom is -0.477 e. The van der Waals surface area contributed by atoms with Crippen LogP contribution in [-0.2, 0) is 0 Å². The van der Waals surface area contributed by atoms with E-state index in [0.717, 1.165) is 12.1 Å². The largest absolute Gasteiger partial charge is 0.477 e. The van der Waals surface area contributed by atoms with Crippen molar-refractivity contribution in [2.24, 2.45) is 0 Å². The molecule has 2 N–H and O–H groups in total. The molecule has 0 unspecified atom stereocenters. The Morgan fingerprint density at radius 1 is 1.28 bits per heavy atom. The van der Waals surface area contributed by atoms with E-state index in [-0.39, 0.29) is 10.9 Å². The molecule has 0 spiro atoms. The molecule has 1 heterocycles. The van der Waals surface area contributed by atoms with Gasteiger partial charge in [-0.3, -0.25) is 25.3 Å². The SMILES string of the molecule is O=C(O)c1[nH]nc2c([N+](=O)[O-])cc([N+](=O)[O-])cc12. The minimum atomic E-state index is -1.41. The van der Waals surface area contributed by atoms with Gasteiger partial charge in [0.1, 0.15) is 0 Å². The number of aromatic amines is 1. The number of carbonyl (C=O) groups is 1. The molecule has 18 heavy (non-hydrogen) atoms. The van der Waals surface area contributed by atoms with Crippen LogP contribution in [0.2, 0.25) is 0 Å². The van der Waals surface area contributed by atoms with Crippen molar-refractivity contribution in [1.82, 2.24) is 10.2 Å². The van der Waals surface area contributed by atoms with Gasteiger partial charge in [0.2, 0.25) is 0 Å². The molecule has 2 aromatic rings. The average molecular weight is 252 g/mol. The molecule has 0 fully saturated rings. The van der Waals surface area contributed by atoms with Gasteiger partial charge in [-0.1, -0.05) is 0 Å². The molecule has 1 aromatic heterocycles. The van der Waals surface area contributed by atoms with Gasteiger partial charge >= 0.3 is 11.7 Å². The zero-order valence-corrected chi connectivity index (χ0v) is 8.48. The Balaban J connectivity index is 2.88. The van der Waals surface area contributed by atoms with Gasteiger partial charge in [-0.05, 0) is 0 Å². The van der Waals surface area contributed by atoms with Crippen molar-refractivity contribution in [2.45, 2.75) is 0 Å². The predicted octanol–water partition coefficient (Wildman–Crippen LogP) is 1.08. The number of hydrogen-bond donors (Lipinski definition) is 2. The summed E-state index contributed by atoms with van der Waals surface area (Å²) >= 11 is 0. The molecule has 10 nitrogen and oxygen atoms in total. The number of aromatic carboxylic acids is 1. The Hall–Kier alpha value is -3.04. The molecule has 0 bridgehead atoms. The first kappa shape index (κ1) is 11.4. The fourth-order valence-electron chi connectivity index (χ4n) is 1.49. The molecular weight excluding hydrogens is 248 g/mol. The Kier molecular flexibility index (Phi) is 2.39. The Labute approximate surface area is 97.1 Å². The van der Waals surface area contributed by atoms with Crippen molar-refractivity contribution in [3.8, 4) is 0 Å². The van der Waals surface area contributed by atoms with Crippen LogP contribution in [0.5, 0.6) is 0 Å². The summed E-state index contributed by atoms with van der Waals surface area (Å²) in [6.45, 7) is 0. The number of fused-ring (bicyclic) bond motifs is 1. The molecule has 0 aliphatic rings. The van der Waals surface area contributed by atoms with Gasteiger partial charge in [-0.2, -0.15) is 5.10 Å². The van der Waals surface area contributed by atoms with E-state index < -0.39 is 32.9 Å². The Morgan fingerprint density at radius 3 is 2.44 bits per heavy atom. The molecule has 0 atom stereocenters. The van der Waals surface area contributed by atoms with Crippen LogP contribution >= 0.6 is 0 Å². The normalized spacial score (nSPS) is 10.4. The molecule has 0 saturated heterocycles. The second-order valence-corrected chi connectivity index (χ2v) is 3.28. The number of hydrogen-bond acceptors (Lipinski definition) is 6. The molecule has 0 aliphatic heterocycles. The number of H-pyrrole nitrogens is 1. The lowest BCUT2D eigenvalue weighted by Gasteiger charge is -1.95. The van der Waals surface area contributed by atoms with Crippen molar-refractivity contribution in [3.63, 3.8) is 0 Å². The first-order chi connectivity index (χ1) is 8.41. The highest BCUT2D eigenvalue weighted by molar-refractivity contribution is 6.04. The number of rotatable bonds is 3. The van der Waals surface area contributed by atoms with Gasteiger partial charge in [-0.25, -0.2) is 4.79 Å². The summed E-state index contributed by atoms with van der Waals surface area (Å²) in [6.07, 6.45) is 0. The van der Waals surface area contributed by atoms with Crippen LogP contribution < -0.4 is 0 Å². The monoisotopic (exact) mass is 252 g/mol. The maximum Gasteiger partial charge on any atom is 0.354 e. The topological polar surface area (TPSA) is 152 Å². The van der Waals surface area contributed by atoms with Crippen molar-refractivity contribution < 1.29 is 19.7 Å². The zero-order chi connectivity index (χ0) is 13.4. The van der Waals surface area contributed by atoms with E-state index in [9.17, 15) is 25.0 Å². The van der Waals surface area contributed by atoms with Crippen LogP contribution in [-0.4, -0.2) is 31.1 Å². The van der Waals surface area contributed by atoms with Crippen molar-refractivity contribution in [2.75, 3.05) is 0 Å². The van der Waals surface area contributed by atoms with Gasteiger partial charge < -0.3 is 5.11 Å². The van der Waals surface area contributed by atoms with E-state index in [1.807, 2.05) is 0 Å². The van der Waals surface area contributed by atoms with E-state index in [1.165, 1.54) is 0 Å². The number of aromatic nitrogens is 2. The Morgan fingerprint density at radius 2 is 1.94 bits per heavy atom. The number of nitrogens with zero attached hydrogens (tertiary/aromatic N) is 3. The number of nitrogens with one attached hydrogen (secondary N) is 1. The van der Waals surface area contributed by atoms with Gasteiger partial charge in [0, 0.05) is 11.5 Å². The summed E-state index contributed by atoms with van der Waals surface area (Å²) in [5.74, 6) is -1.41. The Bertz CT molecular complexity index is 690. The first-order valence-electron chi connectivity index (χ1n) is 4.46. The van der Waals surface area contributed by atoms with Crippen LogP contribution in [0.4, 0.5) is 11.4 Å². The number of non-ortho nitro benzene ring substituents is 2. The maximum atomic E-state index is 10.8. The summed E-state index contributed by atoms with van der Waals surface area (Å²) < 4.78 is 0. The summed E-state index contributed by atoms with van der Waals surface area (Å²) in [5.41, 5.74) is -1.86. The third-order valence-electron chi connectivity index (χ3n) is 2.24. The van der Waals surface area contributed by atoms with Crippen LogP contribution in [0.25, 0.3) is 10.9 Å². The zero-order valence-electron chi connectivity index (χ0n) is 8.48. The van der Waals surface area contributed by atoms with Crippen LogP contribution in [0.3, 0.4) is 0 Å². The highest BCUT2D eigenvalue weighted by Crippen LogP contribution is 2.31. The van der Waals surface area contributed by atoms with Crippen molar-refractivity contribution >= 4 is 28.2 Å². The molecule has 92 valence electrons. The average Bonchev–Trinajstić information content (AvgIpc) is 2.70. The number of nitro groups is 2. The molecule has 0 radical (unpaired) electrons. The van der Waals surface area contributed by atoms with E-state index in [2.05, 4.69) is 10.2 Å². The summed E-state index contributed by atoms with van der Waals surface area (Å²) in [4.78, 5) is 30.5. The predicted molar refractivity (Wildman–Crippen MR) is 56.4 cm³/mol. The first-order valence-corrected chi connectivity index (χ1v) is 4.46. The number of carboxylic acids is 1. The highest BCUT2D eigenvalue weighted by atomic mass is 16.6. The third-order valence-corrected chi connectivity index (χ3v) is 2.24. The van der Waals surface area contributed by atoms with Gasteiger partial charge in [0.15, 0.2) is 11.2 Å². The standard InChI is InChI=1S/C8H4N4O6/c13-8(14)7-4-1-3(11(15)16)2-5(12(17)18)6(4)9-10-7/h1-2H,(H,9,10)(H,13,14). The van der Waals surface area contributed by atoms with Crippen LogP contribution in [0.15, 0.2) is 12.1 Å². The molecule has 1 aromatic carbocycles. The van der Waals surface area contributed by atoms with Gasteiger partial charge in [-0.15, -0.1) is 0 Å². The maximum absolute atomic E-state index is 10.8. The lowest BCUT2D eigenvalue weighted by Crippen LogP contribution is -1.98. The molecule has 0 amide bonds. The molecule has 2 rings (SSSR count). The summed E-state index contributed by atoms with van der Waals surface area (Å²) in [5, 5.41) is 35.6. The minimum absolute atomic E-state index is 0.177. The third kappa shape index (κ3) is 1.61. The lowest BCUT2D eigenvalue weighted by molar-refractivity contribution is -0.393. The fraction of sp³-hybridized carbons (Fsp3) is 0. The van der Waals surface area contributed by atoms with E-state index >= 15 is 0 Å². The quantitative estimate of drug-likeness (QED) is 0.611. The fourth-order valence-corrected chi connectivity index (χ4v) is 1.49. The van der Waals surface area contributed by atoms with Crippen molar-refractivity contribution in [1.29, 1.82) is 0 Å². The number of benzene rings is 1. The lowest BCUT2D eigenvalue weighted by atomic mass is 10.1. The molecule has 0 saturated carbocycles. The van der Waals surface area contributed by atoms with E-state index in [1.54, 1.807) is 0 Å². The smallest absolute Gasteiger partial charge is 0.354 e. The van der Waals surface area contributed by atoms with Gasteiger partial charge in [0.05, 0.1) is 15.9 Å².